The highest BCUT2D eigenvalue weighted by Gasteiger charge is 2.11. The molecule has 0 aliphatic carbocycles. The van der Waals surface area contributed by atoms with Crippen molar-refractivity contribution >= 4 is 0 Å². The van der Waals surface area contributed by atoms with Crippen molar-refractivity contribution in [3.05, 3.63) is 35.1 Å². The summed E-state index contributed by atoms with van der Waals surface area (Å²) in [5.74, 6) is -0.128. The second-order valence-corrected chi connectivity index (χ2v) is 4.25. The number of rotatable bonds is 7. The first-order valence-corrected chi connectivity index (χ1v) is 6.17. The molecule has 3 heteroatoms. The van der Waals surface area contributed by atoms with Crippen LogP contribution in [0.2, 0.25) is 0 Å². The summed E-state index contributed by atoms with van der Waals surface area (Å²) < 4.78 is 18.6. The molecule has 2 nitrogen and oxygen atoms in total. The summed E-state index contributed by atoms with van der Waals surface area (Å²) in [6.07, 6.45) is 1.94. The number of hydrogen-bond donors (Lipinski definition) is 1. The normalized spacial score (nSPS) is 12.7. The molecule has 0 amide bonds. The minimum Gasteiger partial charge on any atom is -0.385 e. The number of hydrogen-bond acceptors (Lipinski definition) is 2. The predicted molar refractivity (Wildman–Crippen MR) is 68.7 cm³/mol. The predicted octanol–water partition coefficient (Wildman–Crippen LogP) is 3.21. The van der Waals surface area contributed by atoms with E-state index >= 15 is 0 Å². The van der Waals surface area contributed by atoms with E-state index in [1.165, 1.54) is 0 Å². The fourth-order valence-corrected chi connectivity index (χ4v) is 1.89. The van der Waals surface area contributed by atoms with Crippen molar-refractivity contribution in [3.63, 3.8) is 0 Å². The third-order valence-electron chi connectivity index (χ3n) is 2.89. The summed E-state index contributed by atoms with van der Waals surface area (Å²) in [6, 6.07) is 5.68. The highest BCUT2D eigenvalue weighted by atomic mass is 19.1. The summed E-state index contributed by atoms with van der Waals surface area (Å²) in [5.41, 5.74) is 1.71. The first-order valence-electron chi connectivity index (χ1n) is 6.17. The minimum atomic E-state index is -0.128. The van der Waals surface area contributed by atoms with E-state index in [-0.39, 0.29) is 11.9 Å². The molecule has 1 atom stereocenters. The van der Waals surface area contributed by atoms with Gasteiger partial charge in [0, 0.05) is 19.8 Å². The lowest BCUT2D eigenvalue weighted by atomic mass is 10.0. The summed E-state index contributed by atoms with van der Waals surface area (Å²) >= 11 is 0. The molecule has 0 heterocycles. The van der Waals surface area contributed by atoms with Gasteiger partial charge in [-0.15, -0.1) is 0 Å². The van der Waals surface area contributed by atoms with E-state index < -0.39 is 0 Å². The Hall–Kier alpha value is -0.930. The van der Waals surface area contributed by atoms with Gasteiger partial charge in [0.05, 0.1) is 0 Å². The molecule has 17 heavy (non-hydrogen) atoms. The Bertz CT molecular complexity index is 341. The Morgan fingerprint density at radius 1 is 1.41 bits per heavy atom. The molecule has 0 aromatic heterocycles. The Morgan fingerprint density at radius 2 is 2.18 bits per heavy atom. The summed E-state index contributed by atoms with van der Waals surface area (Å²) in [5, 5.41) is 3.38. The number of aryl methyl sites for hydroxylation is 1. The van der Waals surface area contributed by atoms with Crippen LogP contribution in [0.3, 0.4) is 0 Å². The van der Waals surface area contributed by atoms with Crippen LogP contribution in [-0.2, 0) is 4.74 Å². The van der Waals surface area contributed by atoms with Crippen molar-refractivity contribution in [2.75, 3.05) is 20.3 Å². The number of methoxy groups -OCH3 is 1. The van der Waals surface area contributed by atoms with Crippen LogP contribution in [0.15, 0.2) is 18.2 Å². The van der Waals surface area contributed by atoms with Crippen LogP contribution in [-0.4, -0.2) is 20.3 Å². The van der Waals surface area contributed by atoms with Gasteiger partial charge in [-0.3, -0.25) is 0 Å². The van der Waals surface area contributed by atoms with E-state index in [1.807, 2.05) is 12.1 Å². The summed E-state index contributed by atoms with van der Waals surface area (Å²) in [6.45, 7) is 5.48. The van der Waals surface area contributed by atoms with Gasteiger partial charge < -0.3 is 10.1 Å². The van der Waals surface area contributed by atoms with E-state index in [2.05, 4.69) is 12.2 Å². The van der Waals surface area contributed by atoms with Crippen molar-refractivity contribution in [1.82, 2.24) is 5.32 Å². The van der Waals surface area contributed by atoms with Gasteiger partial charge in [-0.05, 0) is 43.5 Å². The van der Waals surface area contributed by atoms with Crippen LogP contribution < -0.4 is 5.32 Å². The monoisotopic (exact) mass is 239 g/mol. The summed E-state index contributed by atoms with van der Waals surface area (Å²) in [7, 11) is 1.70. The zero-order valence-corrected chi connectivity index (χ0v) is 10.9. The van der Waals surface area contributed by atoms with Crippen molar-refractivity contribution in [2.24, 2.45) is 0 Å². The van der Waals surface area contributed by atoms with Gasteiger partial charge in [0.2, 0.25) is 0 Å². The highest BCUT2D eigenvalue weighted by Crippen LogP contribution is 2.20. The molecule has 1 unspecified atom stereocenters. The molecule has 0 bridgehead atoms. The third-order valence-corrected chi connectivity index (χ3v) is 2.89. The van der Waals surface area contributed by atoms with E-state index in [0.717, 1.165) is 31.6 Å². The molecule has 1 aromatic carbocycles. The van der Waals surface area contributed by atoms with Crippen LogP contribution >= 0.6 is 0 Å². The smallest absolute Gasteiger partial charge is 0.126 e. The Morgan fingerprint density at radius 3 is 2.76 bits per heavy atom. The molecule has 0 saturated carbocycles. The van der Waals surface area contributed by atoms with Crippen molar-refractivity contribution < 1.29 is 9.13 Å². The SMILES string of the molecule is CCNC(CCCOC)c1ccc(C)c(F)c1. The molecule has 1 N–H and O–H groups in total. The Kier molecular flexibility index (Phi) is 6.16. The molecule has 0 aliphatic heterocycles. The molecule has 0 radical (unpaired) electrons. The Balaban J connectivity index is 2.70. The van der Waals surface area contributed by atoms with Gasteiger partial charge >= 0.3 is 0 Å². The highest BCUT2D eigenvalue weighted by molar-refractivity contribution is 5.25. The second kappa shape index (κ2) is 7.41. The number of ether oxygens (including phenoxy) is 1. The molecular weight excluding hydrogens is 217 g/mol. The molecule has 0 aliphatic rings. The topological polar surface area (TPSA) is 21.3 Å². The van der Waals surface area contributed by atoms with Crippen molar-refractivity contribution in [1.29, 1.82) is 0 Å². The summed E-state index contributed by atoms with van der Waals surface area (Å²) in [4.78, 5) is 0. The average molecular weight is 239 g/mol. The molecule has 96 valence electrons. The molecule has 1 rings (SSSR count). The Labute approximate surface area is 103 Å². The van der Waals surface area contributed by atoms with Crippen LogP contribution in [0.25, 0.3) is 0 Å². The lowest BCUT2D eigenvalue weighted by Crippen LogP contribution is -2.21. The van der Waals surface area contributed by atoms with Gasteiger partial charge in [0.15, 0.2) is 0 Å². The maximum atomic E-state index is 13.5. The van der Waals surface area contributed by atoms with E-state index in [1.54, 1.807) is 20.1 Å². The third kappa shape index (κ3) is 4.44. The number of nitrogens with one attached hydrogen (secondary N) is 1. The number of benzene rings is 1. The van der Waals surface area contributed by atoms with Crippen molar-refractivity contribution in [2.45, 2.75) is 32.7 Å². The van der Waals surface area contributed by atoms with Crippen LogP contribution in [0.5, 0.6) is 0 Å². The zero-order chi connectivity index (χ0) is 12.7. The minimum absolute atomic E-state index is 0.128. The molecule has 0 saturated heterocycles. The largest absolute Gasteiger partial charge is 0.385 e. The lowest BCUT2D eigenvalue weighted by Gasteiger charge is -2.18. The molecule has 0 spiro atoms. The number of halogens is 1. The van der Waals surface area contributed by atoms with Crippen LogP contribution in [0.1, 0.15) is 36.9 Å². The first-order chi connectivity index (χ1) is 8.19. The molecule has 0 fully saturated rings. The van der Waals surface area contributed by atoms with E-state index in [4.69, 9.17) is 4.74 Å². The maximum Gasteiger partial charge on any atom is 0.126 e. The van der Waals surface area contributed by atoms with Crippen LogP contribution in [0, 0.1) is 12.7 Å². The molecular formula is C14H22FNO. The first kappa shape index (κ1) is 14.1. The average Bonchev–Trinajstić information content (AvgIpc) is 2.32. The van der Waals surface area contributed by atoms with Gasteiger partial charge in [-0.1, -0.05) is 19.1 Å². The van der Waals surface area contributed by atoms with Crippen LogP contribution in [0.4, 0.5) is 4.39 Å². The maximum absolute atomic E-state index is 13.5. The molecule has 1 aromatic rings. The quantitative estimate of drug-likeness (QED) is 0.738. The van der Waals surface area contributed by atoms with Gasteiger partial charge in [-0.25, -0.2) is 4.39 Å². The van der Waals surface area contributed by atoms with Gasteiger partial charge in [0.1, 0.15) is 5.82 Å². The van der Waals surface area contributed by atoms with Gasteiger partial charge in [-0.2, -0.15) is 0 Å². The van der Waals surface area contributed by atoms with E-state index in [9.17, 15) is 4.39 Å². The van der Waals surface area contributed by atoms with Crippen molar-refractivity contribution in [3.8, 4) is 0 Å². The second-order valence-electron chi connectivity index (χ2n) is 4.25. The zero-order valence-electron chi connectivity index (χ0n) is 10.9. The lowest BCUT2D eigenvalue weighted by molar-refractivity contribution is 0.189. The van der Waals surface area contributed by atoms with E-state index in [0.29, 0.717) is 5.56 Å². The fourth-order valence-electron chi connectivity index (χ4n) is 1.89. The fraction of sp³-hybridized carbons (Fsp3) is 0.571. The van der Waals surface area contributed by atoms with Gasteiger partial charge in [0.25, 0.3) is 0 Å². The standard InChI is InChI=1S/C14H22FNO/c1-4-16-14(6-5-9-17-3)12-8-7-11(2)13(15)10-12/h7-8,10,14,16H,4-6,9H2,1-3H3.